The van der Waals surface area contributed by atoms with E-state index in [2.05, 4.69) is 9.80 Å². The average molecular weight is 270 g/mol. The number of rotatable bonds is 5. The Labute approximate surface area is 115 Å². The fourth-order valence-electron chi connectivity index (χ4n) is 3.22. The number of ether oxygens (including phenoxy) is 1. The minimum atomic E-state index is -0.605. The standard InChI is InChI=1S/C14H26N2O3/c1-2-19-14(18)9-13(17)11-15-6-4-8-16-7-3-5-12(16)10-15/h12-13,17H,2-11H2,1H3. The first-order chi connectivity index (χ1) is 9.19. The highest BCUT2D eigenvalue weighted by Crippen LogP contribution is 2.21. The smallest absolute Gasteiger partial charge is 0.308 e. The van der Waals surface area contributed by atoms with E-state index in [0.29, 0.717) is 19.2 Å². The zero-order chi connectivity index (χ0) is 13.7. The predicted octanol–water partition coefficient (Wildman–Crippen LogP) is 0.471. The number of aliphatic hydroxyl groups excluding tert-OH is 1. The van der Waals surface area contributed by atoms with Crippen molar-refractivity contribution in [1.29, 1.82) is 0 Å². The number of β-amino-alcohol motifs (C(OH)–C–C–N with tert-alkyl or cyclic N) is 1. The lowest BCUT2D eigenvalue weighted by atomic mass is 10.2. The van der Waals surface area contributed by atoms with Crippen LogP contribution in [0.3, 0.4) is 0 Å². The number of hydrogen-bond donors (Lipinski definition) is 1. The van der Waals surface area contributed by atoms with Crippen LogP contribution in [0.4, 0.5) is 0 Å². The fraction of sp³-hybridized carbons (Fsp3) is 0.929. The monoisotopic (exact) mass is 270 g/mol. The van der Waals surface area contributed by atoms with Crippen molar-refractivity contribution in [3.05, 3.63) is 0 Å². The molecule has 0 aromatic carbocycles. The molecule has 2 rings (SSSR count). The van der Waals surface area contributed by atoms with Gasteiger partial charge in [0.1, 0.15) is 0 Å². The van der Waals surface area contributed by atoms with Crippen LogP contribution in [0.1, 0.15) is 32.6 Å². The molecule has 2 aliphatic rings. The molecule has 0 aliphatic carbocycles. The highest BCUT2D eigenvalue weighted by Gasteiger charge is 2.29. The van der Waals surface area contributed by atoms with Gasteiger partial charge in [0, 0.05) is 19.1 Å². The number of carbonyl (C=O) groups is 1. The van der Waals surface area contributed by atoms with E-state index in [1.54, 1.807) is 6.92 Å². The molecule has 0 radical (unpaired) electrons. The summed E-state index contributed by atoms with van der Waals surface area (Å²) < 4.78 is 4.87. The van der Waals surface area contributed by atoms with E-state index in [1.165, 1.54) is 25.9 Å². The second kappa shape index (κ2) is 7.22. The molecule has 2 aliphatic heterocycles. The Morgan fingerprint density at radius 2 is 2.16 bits per heavy atom. The first-order valence-corrected chi connectivity index (χ1v) is 7.49. The minimum absolute atomic E-state index is 0.110. The van der Waals surface area contributed by atoms with Crippen LogP contribution in [0, 0.1) is 0 Å². The number of carbonyl (C=O) groups excluding carboxylic acids is 1. The van der Waals surface area contributed by atoms with Gasteiger partial charge in [-0.2, -0.15) is 0 Å². The molecule has 0 bridgehead atoms. The minimum Gasteiger partial charge on any atom is -0.466 e. The molecule has 19 heavy (non-hydrogen) atoms. The Kier molecular flexibility index (Phi) is 5.60. The normalized spacial score (nSPS) is 26.7. The molecular formula is C14H26N2O3. The SMILES string of the molecule is CCOC(=O)CC(O)CN1CCCN2CCCC2C1. The summed E-state index contributed by atoms with van der Waals surface area (Å²) in [6.07, 6.45) is 3.22. The Morgan fingerprint density at radius 3 is 2.95 bits per heavy atom. The molecule has 0 aromatic rings. The average Bonchev–Trinajstić information content (AvgIpc) is 2.68. The van der Waals surface area contributed by atoms with E-state index in [-0.39, 0.29) is 12.4 Å². The molecular weight excluding hydrogens is 244 g/mol. The molecule has 2 atom stereocenters. The maximum Gasteiger partial charge on any atom is 0.308 e. The lowest BCUT2D eigenvalue weighted by Gasteiger charge is -2.27. The fourth-order valence-corrected chi connectivity index (χ4v) is 3.22. The molecule has 0 amide bonds. The van der Waals surface area contributed by atoms with Crippen LogP contribution < -0.4 is 0 Å². The maximum absolute atomic E-state index is 11.3. The van der Waals surface area contributed by atoms with Crippen molar-refractivity contribution in [1.82, 2.24) is 9.80 Å². The summed E-state index contributed by atoms with van der Waals surface area (Å²) in [5, 5.41) is 9.97. The van der Waals surface area contributed by atoms with E-state index in [4.69, 9.17) is 4.74 Å². The van der Waals surface area contributed by atoms with Gasteiger partial charge in [0.15, 0.2) is 0 Å². The van der Waals surface area contributed by atoms with Crippen molar-refractivity contribution in [2.75, 3.05) is 39.3 Å². The second-order valence-corrected chi connectivity index (χ2v) is 5.61. The van der Waals surface area contributed by atoms with Gasteiger partial charge in [-0.15, -0.1) is 0 Å². The van der Waals surface area contributed by atoms with Gasteiger partial charge in [-0.25, -0.2) is 0 Å². The van der Waals surface area contributed by atoms with Crippen molar-refractivity contribution in [2.24, 2.45) is 0 Å². The first kappa shape index (κ1) is 14.8. The maximum atomic E-state index is 11.3. The number of hydrogen-bond acceptors (Lipinski definition) is 5. The Bertz CT molecular complexity index is 298. The molecule has 1 N–H and O–H groups in total. The van der Waals surface area contributed by atoms with Gasteiger partial charge in [0.05, 0.1) is 19.1 Å². The molecule has 0 saturated carbocycles. The lowest BCUT2D eigenvalue weighted by Crippen LogP contribution is -2.40. The summed E-state index contributed by atoms with van der Waals surface area (Å²) in [5.41, 5.74) is 0. The first-order valence-electron chi connectivity index (χ1n) is 7.49. The summed E-state index contributed by atoms with van der Waals surface area (Å²) in [6, 6.07) is 0.650. The zero-order valence-corrected chi connectivity index (χ0v) is 11.9. The molecule has 2 saturated heterocycles. The highest BCUT2D eigenvalue weighted by atomic mass is 16.5. The lowest BCUT2D eigenvalue weighted by molar-refractivity contribution is -0.145. The van der Waals surface area contributed by atoms with Gasteiger partial charge in [-0.1, -0.05) is 0 Å². The summed E-state index contributed by atoms with van der Waals surface area (Å²) >= 11 is 0. The van der Waals surface area contributed by atoms with Gasteiger partial charge in [0.2, 0.25) is 0 Å². The molecule has 2 heterocycles. The van der Waals surface area contributed by atoms with Gasteiger partial charge in [-0.3, -0.25) is 14.6 Å². The topological polar surface area (TPSA) is 53.0 Å². The zero-order valence-electron chi connectivity index (χ0n) is 11.9. The summed E-state index contributed by atoms with van der Waals surface area (Å²) in [6.45, 7) is 7.20. The van der Waals surface area contributed by atoms with Crippen LogP contribution in [-0.2, 0) is 9.53 Å². The van der Waals surface area contributed by atoms with Crippen LogP contribution >= 0.6 is 0 Å². The molecule has 0 aromatic heterocycles. The van der Waals surface area contributed by atoms with Gasteiger partial charge in [0.25, 0.3) is 0 Å². The van der Waals surface area contributed by atoms with E-state index in [1.807, 2.05) is 0 Å². The molecule has 2 fully saturated rings. The van der Waals surface area contributed by atoms with Crippen molar-refractivity contribution < 1.29 is 14.6 Å². The molecule has 5 nitrogen and oxygen atoms in total. The Morgan fingerprint density at radius 1 is 1.37 bits per heavy atom. The third kappa shape index (κ3) is 4.44. The van der Waals surface area contributed by atoms with E-state index in [0.717, 1.165) is 19.5 Å². The van der Waals surface area contributed by atoms with Crippen LogP contribution in [-0.4, -0.2) is 72.4 Å². The van der Waals surface area contributed by atoms with Crippen molar-refractivity contribution in [3.63, 3.8) is 0 Å². The highest BCUT2D eigenvalue weighted by molar-refractivity contribution is 5.69. The number of fused-ring (bicyclic) bond motifs is 1. The van der Waals surface area contributed by atoms with Gasteiger partial charge >= 0.3 is 5.97 Å². The number of esters is 1. The van der Waals surface area contributed by atoms with Crippen LogP contribution in [0.25, 0.3) is 0 Å². The molecule has 5 heteroatoms. The quantitative estimate of drug-likeness (QED) is 0.736. The molecule has 110 valence electrons. The van der Waals surface area contributed by atoms with E-state index in [9.17, 15) is 9.90 Å². The van der Waals surface area contributed by atoms with Crippen molar-refractivity contribution >= 4 is 5.97 Å². The Hall–Kier alpha value is -0.650. The second-order valence-electron chi connectivity index (χ2n) is 5.61. The number of nitrogens with zero attached hydrogens (tertiary/aromatic N) is 2. The Balaban J connectivity index is 1.76. The van der Waals surface area contributed by atoms with Crippen LogP contribution in [0.5, 0.6) is 0 Å². The van der Waals surface area contributed by atoms with Crippen LogP contribution in [0.2, 0.25) is 0 Å². The summed E-state index contributed by atoms with van der Waals surface area (Å²) in [4.78, 5) is 16.2. The molecule has 2 unspecified atom stereocenters. The van der Waals surface area contributed by atoms with Gasteiger partial charge in [-0.05, 0) is 45.8 Å². The van der Waals surface area contributed by atoms with E-state index >= 15 is 0 Å². The third-order valence-corrected chi connectivity index (χ3v) is 4.06. The summed E-state index contributed by atoms with van der Waals surface area (Å²) in [7, 11) is 0. The molecule has 0 spiro atoms. The summed E-state index contributed by atoms with van der Waals surface area (Å²) in [5.74, 6) is -0.299. The predicted molar refractivity (Wildman–Crippen MR) is 72.9 cm³/mol. The number of aliphatic hydroxyl groups is 1. The van der Waals surface area contributed by atoms with Crippen molar-refractivity contribution in [3.8, 4) is 0 Å². The third-order valence-electron chi connectivity index (χ3n) is 4.06. The van der Waals surface area contributed by atoms with Crippen LogP contribution in [0.15, 0.2) is 0 Å². The van der Waals surface area contributed by atoms with Crippen molar-refractivity contribution in [2.45, 2.75) is 44.8 Å². The van der Waals surface area contributed by atoms with Gasteiger partial charge < -0.3 is 9.84 Å². The largest absolute Gasteiger partial charge is 0.466 e. The van der Waals surface area contributed by atoms with E-state index < -0.39 is 6.10 Å².